The highest BCUT2D eigenvalue weighted by molar-refractivity contribution is 6.30. The fourth-order valence-electron chi connectivity index (χ4n) is 5.15. The molecule has 0 radical (unpaired) electrons. The van der Waals surface area contributed by atoms with E-state index in [4.69, 9.17) is 16.3 Å². The highest BCUT2D eigenvalue weighted by Gasteiger charge is 2.35. The minimum Gasteiger partial charge on any atom is -0.493 e. The normalized spacial score (nSPS) is 13.4. The van der Waals surface area contributed by atoms with Crippen molar-refractivity contribution in [3.63, 3.8) is 0 Å². The third-order valence-corrected chi connectivity index (χ3v) is 7.83. The van der Waals surface area contributed by atoms with Gasteiger partial charge >= 0.3 is 0 Å². The summed E-state index contributed by atoms with van der Waals surface area (Å²) in [6, 6.07) is 15.4. The summed E-state index contributed by atoms with van der Waals surface area (Å²) in [6.07, 6.45) is 8.70. The Morgan fingerprint density at radius 2 is 1.68 bits per heavy atom. The molecule has 0 heterocycles. The number of amides is 2. The number of nitrogens with one attached hydrogen (secondary N) is 1. The molecule has 3 rings (SSSR count). The van der Waals surface area contributed by atoms with Gasteiger partial charge in [0.15, 0.2) is 0 Å². The van der Waals surface area contributed by atoms with E-state index in [1.54, 1.807) is 19.1 Å². The molecule has 0 saturated carbocycles. The van der Waals surface area contributed by atoms with E-state index in [0.717, 1.165) is 54.6 Å². The monoisotopic (exact) mass is 663 g/mol. The summed E-state index contributed by atoms with van der Waals surface area (Å²) in [4.78, 5) is 25.1. The maximum Gasteiger partial charge on any atom is 0.224 e. The van der Waals surface area contributed by atoms with Gasteiger partial charge in [-0.2, -0.15) is 5.26 Å². The lowest BCUT2D eigenvalue weighted by Crippen LogP contribution is -2.43. The molecule has 0 spiro atoms. The molecular formula is C40H58ClN3O3. The van der Waals surface area contributed by atoms with Crippen molar-refractivity contribution in [2.45, 2.75) is 114 Å². The lowest BCUT2D eigenvalue weighted by Gasteiger charge is -2.40. The number of nitrogens with zero attached hydrogens (tertiary/aromatic N) is 2. The van der Waals surface area contributed by atoms with Gasteiger partial charge in [0.05, 0.1) is 30.0 Å². The van der Waals surface area contributed by atoms with E-state index in [9.17, 15) is 14.9 Å². The molecule has 6 nitrogen and oxygen atoms in total. The average Bonchev–Trinajstić information content (AvgIpc) is 3.10. The minimum absolute atomic E-state index is 0.00723. The van der Waals surface area contributed by atoms with Gasteiger partial charge in [0, 0.05) is 30.0 Å². The van der Waals surface area contributed by atoms with Gasteiger partial charge in [-0.25, -0.2) is 0 Å². The number of carbonyl (C=O) groups is 2. The third kappa shape index (κ3) is 13.4. The first-order valence-corrected chi connectivity index (χ1v) is 17.5. The maximum atomic E-state index is 13.6. The zero-order valence-corrected chi connectivity index (χ0v) is 31.4. The zero-order chi connectivity index (χ0) is 35.9. The predicted octanol–water partition coefficient (Wildman–Crippen LogP) is 10.6. The van der Waals surface area contributed by atoms with Gasteiger partial charge in [-0.15, -0.1) is 0 Å². The van der Waals surface area contributed by atoms with Crippen LogP contribution in [0.3, 0.4) is 0 Å². The van der Waals surface area contributed by atoms with Crippen LogP contribution < -0.4 is 10.1 Å². The third-order valence-electron chi connectivity index (χ3n) is 7.58. The number of ether oxygens (including phenoxy) is 1. The van der Waals surface area contributed by atoms with E-state index < -0.39 is 0 Å². The molecule has 0 fully saturated rings. The van der Waals surface area contributed by atoms with Crippen molar-refractivity contribution in [1.29, 1.82) is 5.26 Å². The Hall–Kier alpha value is -3.82. The van der Waals surface area contributed by atoms with Crippen molar-refractivity contribution in [3.05, 3.63) is 93.0 Å². The van der Waals surface area contributed by atoms with E-state index in [0.29, 0.717) is 29.4 Å². The fraction of sp³-hybridized carbons (Fsp3) is 0.475. The standard InChI is InChI=1S/C32H37ClN2O2.C4H9NO.2C2H6/c1-7-22(4)31(29-18-11-25(20-34)19-30(29)37-8-2)35(24(6)36)32(27-12-9-21(3)10-13-27)23(5)26-14-16-28(33)17-15-26;1-2-3-5-4-6;2*1-2/h9,11-12,14-19,23,32H,7-8,10,13H2,1-6H3;4H,2-3H2,1H3,(H,5,6);2*1-2H3. The summed E-state index contributed by atoms with van der Waals surface area (Å²) in [5.41, 5.74) is 6.95. The number of rotatable bonds is 12. The van der Waals surface area contributed by atoms with Crippen molar-refractivity contribution in [2.24, 2.45) is 0 Å². The van der Waals surface area contributed by atoms with Crippen LogP contribution in [0.25, 0.3) is 5.70 Å². The summed E-state index contributed by atoms with van der Waals surface area (Å²) < 4.78 is 6.02. The Morgan fingerprint density at radius 3 is 2.13 bits per heavy atom. The van der Waals surface area contributed by atoms with Gasteiger partial charge in [-0.1, -0.05) is 89.9 Å². The van der Waals surface area contributed by atoms with Crippen LogP contribution in [0.1, 0.15) is 124 Å². The Balaban J connectivity index is 0.00000187. The first-order chi connectivity index (χ1) is 22.6. The van der Waals surface area contributed by atoms with Gasteiger partial charge in [0.2, 0.25) is 12.3 Å². The van der Waals surface area contributed by atoms with Gasteiger partial charge in [-0.3, -0.25) is 9.59 Å². The second-order valence-electron chi connectivity index (χ2n) is 10.7. The Morgan fingerprint density at radius 1 is 1.04 bits per heavy atom. The quantitative estimate of drug-likeness (QED) is 0.181. The van der Waals surface area contributed by atoms with Gasteiger partial charge in [0.25, 0.3) is 0 Å². The van der Waals surface area contributed by atoms with Crippen LogP contribution in [0.5, 0.6) is 5.75 Å². The summed E-state index contributed by atoms with van der Waals surface area (Å²) in [6.45, 7) is 23.3. The second kappa shape index (κ2) is 24.4. The number of halogens is 1. The Kier molecular flexibility index (Phi) is 22.4. The SMILES string of the molecule is CC.CC.CCCNC=O.CCOc1cc(C#N)ccc1C(=C(C)CC)N(C(C)=O)C(C1=CC=C(C)CC1)C(C)c1ccc(Cl)cc1. The van der Waals surface area contributed by atoms with E-state index >= 15 is 0 Å². The summed E-state index contributed by atoms with van der Waals surface area (Å²) in [7, 11) is 0. The van der Waals surface area contributed by atoms with Crippen LogP contribution >= 0.6 is 11.6 Å². The molecule has 0 aliphatic heterocycles. The van der Waals surface area contributed by atoms with Crippen molar-refractivity contribution in [1.82, 2.24) is 10.2 Å². The Bertz CT molecular complexity index is 1370. The number of allylic oxidation sites excluding steroid dienone is 4. The van der Waals surface area contributed by atoms with Crippen LogP contribution in [0.2, 0.25) is 5.02 Å². The molecule has 47 heavy (non-hydrogen) atoms. The lowest BCUT2D eigenvalue weighted by molar-refractivity contribution is -0.127. The molecule has 1 N–H and O–H groups in total. The van der Waals surface area contributed by atoms with Gasteiger partial charge in [0.1, 0.15) is 5.75 Å². The summed E-state index contributed by atoms with van der Waals surface area (Å²) in [5.74, 6) is 0.585. The fourth-order valence-corrected chi connectivity index (χ4v) is 5.28. The maximum absolute atomic E-state index is 13.6. The first kappa shape index (κ1) is 43.2. The van der Waals surface area contributed by atoms with Crippen molar-refractivity contribution in [3.8, 4) is 11.8 Å². The second-order valence-corrected chi connectivity index (χ2v) is 11.2. The molecule has 258 valence electrons. The lowest BCUT2D eigenvalue weighted by atomic mass is 9.82. The highest BCUT2D eigenvalue weighted by Crippen LogP contribution is 2.41. The Labute approximate surface area is 290 Å². The number of hydrogen-bond acceptors (Lipinski definition) is 4. The molecule has 2 unspecified atom stereocenters. The number of hydrogen-bond donors (Lipinski definition) is 1. The van der Waals surface area contributed by atoms with Crippen molar-refractivity contribution < 1.29 is 14.3 Å². The molecule has 2 aromatic rings. The summed E-state index contributed by atoms with van der Waals surface area (Å²) >= 11 is 6.21. The topological polar surface area (TPSA) is 82.4 Å². The molecule has 1 aliphatic rings. The molecule has 0 aromatic heterocycles. The number of nitriles is 1. The highest BCUT2D eigenvalue weighted by atomic mass is 35.5. The first-order valence-electron chi connectivity index (χ1n) is 17.1. The molecule has 1 aliphatic carbocycles. The van der Waals surface area contributed by atoms with E-state index in [1.165, 1.54) is 11.1 Å². The van der Waals surface area contributed by atoms with Crippen LogP contribution in [0.4, 0.5) is 0 Å². The van der Waals surface area contributed by atoms with Crippen LogP contribution in [-0.4, -0.2) is 36.4 Å². The van der Waals surface area contributed by atoms with Crippen molar-refractivity contribution in [2.75, 3.05) is 13.2 Å². The molecule has 7 heteroatoms. The molecule has 0 bridgehead atoms. The molecular weight excluding hydrogens is 606 g/mol. The number of benzene rings is 2. The van der Waals surface area contributed by atoms with E-state index in [1.807, 2.05) is 76.8 Å². The largest absolute Gasteiger partial charge is 0.493 e. The van der Waals surface area contributed by atoms with Gasteiger partial charge < -0.3 is 15.0 Å². The van der Waals surface area contributed by atoms with E-state index in [-0.39, 0.29) is 17.9 Å². The van der Waals surface area contributed by atoms with Crippen LogP contribution in [0, 0.1) is 11.3 Å². The van der Waals surface area contributed by atoms with Crippen LogP contribution in [0.15, 0.2) is 71.3 Å². The predicted molar refractivity (Wildman–Crippen MR) is 200 cm³/mol. The van der Waals surface area contributed by atoms with Crippen molar-refractivity contribution >= 4 is 29.6 Å². The minimum atomic E-state index is -0.204. The average molecular weight is 664 g/mol. The van der Waals surface area contributed by atoms with Crippen LogP contribution in [-0.2, 0) is 9.59 Å². The molecule has 2 aromatic carbocycles. The van der Waals surface area contributed by atoms with E-state index in [2.05, 4.69) is 51.2 Å². The number of carbonyl (C=O) groups excluding carboxylic acids is 2. The smallest absolute Gasteiger partial charge is 0.224 e. The zero-order valence-electron chi connectivity index (χ0n) is 30.7. The molecule has 2 amide bonds. The summed E-state index contributed by atoms with van der Waals surface area (Å²) in [5, 5.41) is 12.7. The molecule has 2 atom stereocenters. The molecule has 0 saturated heterocycles. The van der Waals surface area contributed by atoms with Gasteiger partial charge in [-0.05, 0) is 93.5 Å².